The second-order valence-electron chi connectivity index (χ2n) is 5.10. The molecule has 0 radical (unpaired) electrons. The lowest BCUT2D eigenvalue weighted by Gasteiger charge is -2.07. The van der Waals surface area contributed by atoms with Crippen molar-refractivity contribution in [3.63, 3.8) is 0 Å². The quantitative estimate of drug-likeness (QED) is 0.729. The third kappa shape index (κ3) is 2.62. The molecule has 0 bridgehead atoms. The number of aromatic amines is 1. The molecule has 3 aromatic rings. The van der Waals surface area contributed by atoms with Crippen LogP contribution in [0.25, 0.3) is 16.9 Å². The zero-order chi connectivity index (χ0) is 17.3. The normalized spacial score (nSPS) is 10.9. The summed E-state index contributed by atoms with van der Waals surface area (Å²) in [5, 5.41) is 0. The molecule has 0 saturated heterocycles. The minimum absolute atomic E-state index is 0.0126. The number of amides is 1. The molecule has 0 aliphatic heterocycles. The number of fused-ring (bicyclic) bond motifs is 1. The van der Waals surface area contributed by atoms with Crippen LogP contribution < -0.4 is 16.2 Å². The number of hydrogen-bond acceptors (Lipinski definition) is 5. The molecule has 2 aromatic heterocycles. The van der Waals surface area contributed by atoms with Crippen LogP contribution in [0, 0.1) is 0 Å². The van der Waals surface area contributed by atoms with Crippen molar-refractivity contribution in [2.45, 2.75) is 20.3 Å². The van der Waals surface area contributed by atoms with Gasteiger partial charge in [-0.05, 0) is 31.2 Å². The lowest BCUT2D eigenvalue weighted by molar-refractivity contribution is 0.0996. The average Bonchev–Trinajstić information content (AvgIpc) is 2.90. The van der Waals surface area contributed by atoms with Gasteiger partial charge >= 0.3 is 5.69 Å². The molecule has 3 N–H and O–H groups in total. The number of H-pyrrole nitrogens is 1. The number of aryl methyl sites for hydroxylation is 1. The zero-order valence-electron chi connectivity index (χ0n) is 13.4. The van der Waals surface area contributed by atoms with Gasteiger partial charge in [-0.25, -0.2) is 19.3 Å². The highest BCUT2D eigenvalue weighted by molar-refractivity contribution is 6.01. The topological polar surface area (TPSA) is 116 Å². The molecular weight excluding hydrogens is 310 g/mol. The van der Waals surface area contributed by atoms with Crippen LogP contribution in [-0.4, -0.2) is 32.0 Å². The van der Waals surface area contributed by atoms with Crippen molar-refractivity contribution in [2.24, 2.45) is 5.73 Å². The number of nitrogens with two attached hydrogens (primary N) is 1. The molecule has 0 saturated carbocycles. The summed E-state index contributed by atoms with van der Waals surface area (Å²) in [5.74, 6) is 0.433. The van der Waals surface area contributed by atoms with Crippen LogP contribution in [0.3, 0.4) is 0 Å². The Morgan fingerprint density at radius 1 is 1.25 bits per heavy atom. The Bertz CT molecular complexity index is 956. The van der Waals surface area contributed by atoms with Crippen molar-refractivity contribution in [3.05, 3.63) is 46.3 Å². The van der Waals surface area contributed by atoms with Gasteiger partial charge in [-0.15, -0.1) is 0 Å². The predicted octanol–water partition coefficient (Wildman–Crippen LogP) is 1.17. The molecule has 0 spiro atoms. The number of aromatic nitrogens is 4. The molecule has 8 nitrogen and oxygen atoms in total. The fraction of sp³-hybridized carbons (Fsp3) is 0.250. The van der Waals surface area contributed by atoms with E-state index in [0.29, 0.717) is 35.9 Å². The standard InChI is InChI=1S/C16H17N5O3/c1-3-11-18-12(14(17)22)13-15(19-11)21(16(23)20-13)9-5-7-10(8-6-9)24-4-2/h5-8H,3-4H2,1-2H3,(H2,17,22)(H,20,23). The Hall–Kier alpha value is -3.16. The molecule has 0 unspecified atom stereocenters. The fourth-order valence-corrected chi connectivity index (χ4v) is 2.46. The van der Waals surface area contributed by atoms with Crippen molar-refractivity contribution < 1.29 is 9.53 Å². The fourth-order valence-electron chi connectivity index (χ4n) is 2.46. The Labute approximate surface area is 137 Å². The highest BCUT2D eigenvalue weighted by atomic mass is 16.5. The van der Waals surface area contributed by atoms with Crippen LogP contribution in [0.15, 0.2) is 29.1 Å². The van der Waals surface area contributed by atoms with Gasteiger partial charge in [0.25, 0.3) is 5.91 Å². The number of rotatable bonds is 5. The van der Waals surface area contributed by atoms with Crippen molar-refractivity contribution in [1.82, 2.24) is 19.5 Å². The van der Waals surface area contributed by atoms with Gasteiger partial charge in [-0.2, -0.15) is 0 Å². The molecule has 3 rings (SSSR count). The number of imidazole rings is 1. The first-order valence-electron chi connectivity index (χ1n) is 7.59. The Kier molecular flexibility index (Phi) is 4.03. The van der Waals surface area contributed by atoms with Gasteiger partial charge in [-0.1, -0.05) is 6.92 Å². The summed E-state index contributed by atoms with van der Waals surface area (Å²) < 4.78 is 6.79. The van der Waals surface area contributed by atoms with E-state index >= 15 is 0 Å². The van der Waals surface area contributed by atoms with E-state index in [0.717, 1.165) is 0 Å². The molecule has 8 heteroatoms. The van der Waals surface area contributed by atoms with E-state index in [-0.39, 0.29) is 11.2 Å². The van der Waals surface area contributed by atoms with Gasteiger partial charge in [0.05, 0.1) is 12.3 Å². The van der Waals surface area contributed by atoms with E-state index in [2.05, 4.69) is 15.0 Å². The van der Waals surface area contributed by atoms with Crippen molar-refractivity contribution >= 4 is 17.1 Å². The molecule has 2 heterocycles. The summed E-state index contributed by atoms with van der Waals surface area (Å²) >= 11 is 0. The largest absolute Gasteiger partial charge is 0.494 e. The van der Waals surface area contributed by atoms with Crippen LogP contribution in [-0.2, 0) is 6.42 Å². The second kappa shape index (κ2) is 6.15. The zero-order valence-corrected chi connectivity index (χ0v) is 13.4. The predicted molar refractivity (Wildman–Crippen MR) is 88.6 cm³/mol. The molecule has 0 atom stereocenters. The van der Waals surface area contributed by atoms with E-state index in [1.54, 1.807) is 24.3 Å². The van der Waals surface area contributed by atoms with Crippen LogP contribution in [0.5, 0.6) is 5.75 Å². The first-order chi connectivity index (χ1) is 11.5. The highest BCUT2D eigenvalue weighted by Crippen LogP contribution is 2.19. The van der Waals surface area contributed by atoms with Crippen molar-refractivity contribution in [1.29, 1.82) is 0 Å². The van der Waals surface area contributed by atoms with Gasteiger partial charge in [0, 0.05) is 6.42 Å². The summed E-state index contributed by atoms with van der Waals surface area (Å²) in [6, 6.07) is 7.02. The van der Waals surface area contributed by atoms with Crippen molar-refractivity contribution in [2.75, 3.05) is 6.61 Å². The number of primary amides is 1. The van der Waals surface area contributed by atoms with E-state index in [1.165, 1.54) is 4.57 Å². The Balaban J connectivity index is 2.24. The minimum atomic E-state index is -0.711. The van der Waals surface area contributed by atoms with E-state index in [1.807, 2.05) is 13.8 Å². The summed E-state index contributed by atoms with van der Waals surface area (Å²) in [4.78, 5) is 35.1. The SMILES string of the molecule is CCOc1ccc(-n2c(=O)[nH]c3c(C(N)=O)nc(CC)nc32)cc1. The number of carbonyl (C=O) groups is 1. The number of ether oxygens (including phenoxy) is 1. The molecule has 1 amide bonds. The van der Waals surface area contributed by atoms with E-state index in [4.69, 9.17) is 10.5 Å². The lowest BCUT2D eigenvalue weighted by Crippen LogP contribution is -2.16. The smallest absolute Gasteiger partial charge is 0.332 e. The van der Waals surface area contributed by atoms with Gasteiger partial charge < -0.3 is 15.5 Å². The molecule has 1 aromatic carbocycles. The van der Waals surface area contributed by atoms with Crippen LogP contribution >= 0.6 is 0 Å². The highest BCUT2D eigenvalue weighted by Gasteiger charge is 2.19. The Morgan fingerprint density at radius 2 is 1.96 bits per heavy atom. The first-order valence-corrected chi connectivity index (χ1v) is 7.59. The average molecular weight is 327 g/mol. The molecule has 0 aliphatic carbocycles. The molecular formula is C16H17N5O3. The third-order valence-corrected chi connectivity index (χ3v) is 3.54. The van der Waals surface area contributed by atoms with Crippen LogP contribution in [0.1, 0.15) is 30.2 Å². The van der Waals surface area contributed by atoms with Crippen LogP contribution in [0.4, 0.5) is 0 Å². The van der Waals surface area contributed by atoms with Crippen molar-refractivity contribution in [3.8, 4) is 11.4 Å². The molecule has 0 fully saturated rings. The number of benzene rings is 1. The number of nitrogens with one attached hydrogen (secondary N) is 1. The van der Waals surface area contributed by atoms with Crippen LogP contribution in [0.2, 0.25) is 0 Å². The second-order valence-corrected chi connectivity index (χ2v) is 5.10. The molecule has 0 aliphatic rings. The summed E-state index contributed by atoms with van der Waals surface area (Å²) in [5.41, 5.74) is 6.13. The Morgan fingerprint density at radius 3 is 2.54 bits per heavy atom. The number of hydrogen-bond donors (Lipinski definition) is 2. The minimum Gasteiger partial charge on any atom is -0.494 e. The summed E-state index contributed by atoms with van der Waals surface area (Å²) in [6.45, 7) is 4.31. The van der Waals surface area contributed by atoms with Gasteiger partial charge in [0.15, 0.2) is 11.3 Å². The third-order valence-electron chi connectivity index (χ3n) is 3.54. The van der Waals surface area contributed by atoms with Gasteiger partial charge in [-0.3, -0.25) is 4.79 Å². The molecule has 24 heavy (non-hydrogen) atoms. The van der Waals surface area contributed by atoms with E-state index < -0.39 is 11.6 Å². The number of carbonyl (C=O) groups excluding carboxylic acids is 1. The first kappa shape index (κ1) is 15.7. The maximum absolute atomic E-state index is 12.4. The lowest BCUT2D eigenvalue weighted by atomic mass is 10.3. The maximum atomic E-state index is 12.4. The monoisotopic (exact) mass is 327 g/mol. The maximum Gasteiger partial charge on any atom is 0.332 e. The summed E-state index contributed by atoms with van der Waals surface area (Å²) in [6.07, 6.45) is 0.513. The van der Waals surface area contributed by atoms with Gasteiger partial charge in [0.2, 0.25) is 0 Å². The molecule has 124 valence electrons. The number of nitrogens with zero attached hydrogens (tertiary/aromatic N) is 3. The van der Waals surface area contributed by atoms with E-state index in [9.17, 15) is 9.59 Å². The summed E-state index contributed by atoms with van der Waals surface area (Å²) in [7, 11) is 0. The van der Waals surface area contributed by atoms with Gasteiger partial charge in [0.1, 0.15) is 17.1 Å².